The maximum Gasteiger partial charge on any atom is 0.243 e. The molecule has 1 atom stereocenters. The Labute approximate surface area is 121 Å². The molecule has 2 aromatic carbocycles. The van der Waals surface area contributed by atoms with Crippen LogP contribution in [0.25, 0.3) is 0 Å². The third kappa shape index (κ3) is 2.63. The molecule has 0 aliphatic carbocycles. The second-order valence-corrected chi connectivity index (χ2v) is 4.66. The Morgan fingerprint density at radius 2 is 1.81 bits per heavy atom. The van der Waals surface area contributed by atoms with Crippen LogP contribution in [0.2, 0.25) is 0 Å². The highest BCUT2D eigenvalue weighted by molar-refractivity contribution is 5.96. The van der Waals surface area contributed by atoms with Gasteiger partial charge in [0.1, 0.15) is 5.82 Å². The lowest BCUT2D eigenvalue weighted by Gasteiger charge is -2.19. The minimum Gasteiger partial charge on any atom is -0.446 e. The number of carbonyl (C=O) groups is 1. The molecule has 0 bridgehead atoms. The van der Waals surface area contributed by atoms with E-state index in [0.717, 1.165) is 5.56 Å². The van der Waals surface area contributed by atoms with Gasteiger partial charge in [0.25, 0.3) is 0 Å². The number of carbonyl (C=O) groups excluding carboxylic acids is 1. The normalized spacial score (nSPS) is 17.3. The monoisotopic (exact) mass is 284 g/mol. The maximum atomic E-state index is 13.0. The van der Waals surface area contributed by atoms with Crippen LogP contribution in [0.4, 0.5) is 4.39 Å². The molecule has 1 heterocycles. The Hall–Kier alpha value is -2.69. The number of hydrazone groups is 1. The molecule has 21 heavy (non-hydrogen) atoms. The van der Waals surface area contributed by atoms with Gasteiger partial charge in [0.15, 0.2) is 0 Å². The predicted octanol–water partition coefficient (Wildman–Crippen LogP) is 3.06. The van der Waals surface area contributed by atoms with Crippen molar-refractivity contribution >= 4 is 11.8 Å². The molecule has 1 unspecified atom stereocenters. The van der Waals surface area contributed by atoms with Crippen LogP contribution in [0.15, 0.2) is 59.7 Å². The molecule has 0 N–H and O–H groups in total. The lowest BCUT2D eigenvalue weighted by molar-refractivity contribution is -0.135. The van der Waals surface area contributed by atoms with Crippen molar-refractivity contribution in [1.82, 2.24) is 5.01 Å². The molecule has 106 valence electrons. The summed E-state index contributed by atoms with van der Waals surface area (Å²) >= 11 is 0. The van der Waals surface area contributed by atoms with Gasteiger partial charge in [0.2, 0.25) is 18.0 Å². The summed E-state index contributed by atoms with van der Waals surface area (Å²) in [5.41, 5.74) is 1.45. The highest BCUT2D eigenvalue weighted by Gasteiger charge is 2.32. The van der Waals surface area contributed by atoms with Crippen LogP contribution < -0.4 is 0 Å². The molecule has 0 aromatic heterocycles. The minimum atomic E-state index is -0.594. The molecule has 0 radical (unpaired) electrons. The standard InChI is InChI=1S/C16H13FN2O2/c1-11(20)19-16(13-5-3-2-4-6-13)21-15(18-19)12-7-9-14(17)10-8-12/h2-10,16H,1H3. The Kier molecular flexibility index (Phi) is 3.39. The van der Waals surface area contributed by atoms with Crippen LogP contribution in [-0.4, -0.2) is 16.8 Å². The fourth-order valence-corrected chi connectivity index (χ4v) is 2.11. The van der Waals surface area contributed by atoms with Gasteiger partial charge in [-0.3, -0.25) is 4.79 Å². The lowest BCUT2D eigenvalue weighted by Crippen LogP contribution is -2.25. The quantitative estimate of drug-likeness (QED) is 0.850. The fraction of sp³-hybridized carbons (Fsp3) is 0.125. The van der Waals surface area contributed by atoms with Crippen LogP contribution in [0, 0.1) is 5.82 Å². The van der Waals surface area contributed by atoms with E-state index in [0.29, 0.717) is 11.5 Å². The van der Waals surface area contributed by atoms with E-state index in [1.165, 1.54) is 24.1 Å². The van der Waals surface area contributed by atoms with Gasteiger partial charge in [-0.2, -0.15) is 5.01 Å². The zero-order valence-electron chi connectivity index (χ0n) is 11.4. The van der Waals surface area contributed by atoms with Crippen LogP contribution in [0.5, 0.6) is 0 Å². The third-order valence-electron chi connectivity index (χ3n) is 3.14. The molecule has 0 saturated carbocycles. The van der Waals surface area contributed by atoms with E-state index in [4.69, 9.17) is 4.74 Å². The van der Waals surface area contributed by atoms with Crippen LogP contribution in [0.3, 0.4) is 0 Å². The SMILES string of the molecule is CC(=O)N1N=C(c2ccc(F)cc2)OC1c1ccccc1. The summed E-state index contributed by atoms with van der Waals surface area (Å²) in [5.74, 6) is -0.250. The highest BCUT2D eigenvalue weighted by atomic mass is 19.1. The smallest absolute Gasteiger partial charge is 0.243 e. The van der Waals surface area contributed by atoms with Gasteiger partial charge in [0, 0.05) is 18.1 Å². The molecule has 5 heteroatoms. The molecular formula is C16H13FN2O2. The Morgan fingerprint density at radius 3 is 2.43 bits per heavy atom. The van der Waals surface area contributed by atoms with Crippen molar-refractivity contribution in [3.63, 3.8) is 0 Å². The van der Waals surface area contributed by atoms with Gasteiger partial charge in [-0.25, -0.2) is 4.39 Å². The van der Waals surface area contributed by atoms with Crippen LogP contribution in [-0.2, 0) is 9.53 Å². The second-order valence-electron chi connectivity index (χ2n) is 4.66. The number of nitrogens with zero attached hydrogens (tertiary/aromatic N) is 2. The van der Waals surface area contributed by atoms with Crippen molar-refractivity contribution < 1.29 is 13.9 Å². The summed E-state index contributed by atoms with van der Waals surface area (Å²) in [6.07, 6.45) is -0.594. The number of rotatable bonds is 2. The van der Waals surface area contributed by atoms with Gasteiger partial charge < -0.3 is 4.74 Å². The van der Waals surface area contributed by atoms with E-state index < -0.39 is 6.23 Å². The number of ether oxygens (including phenoxy) is 1. The van der Waals surface area contributed by atoms with Crippen molar-refractivity contribution in [3.8, 4) is 0 Å². The topological polar surface area (TPSA) is 41.9 Å². The average Bonchev–Trinajstić information content (AvgIpc) is 2.94. The first-order valence-electron chi connectivity index (χ1n) is 6.51. The average molecular weight is 284 g/mol. The number of hydrogen-bond donors (Lipinski definition) is 0. The van der Waals surface area contributed by atoms with Crippen molar-refractivity contribution in [2.24, 2.45) is 5.10 Å². The van der Waals surface area contributed by atoms with Gasteiger partial charge in [0.05, 0.1) is 0 Å². The summed E-state index contributed by atoms with van der Waals surface area (Å²) in [6.45, 7) is 1.43. The highest BCUT2D eigenvalue weighted by Crippen LogP contribution is 2.29. The summed E-state index contributed by atoms with van der Waals surface area (Å²) in [6, 6.07) is 15.1. The van der Waals surface area contributed by atoms with Crippen molar-refractivity contribution in [2.75, 3.05) is 0 Å². The predicted molar refractivity (Wildman–Crippen MR) is 75.7 cm³/mol. The summed E-state index contributed by atoms with van der Waals surface area (Å²) in [5, 5.41) is 5.49. The fourth-order valence-electron chi connectivity index (χ4n) is 2.11. The number of hydrogen-bond acceptors (Lipinski definition) is 3. The molecule has 0 saturated heterocycles. The first-order chi connectivity index (χ1) is 10.1. The molecule has 1 aliphatic heterocycles. The second kappa shape index (κ2) is 5.36. The largest absolute Gasteiger partial charge is 0.446 e. The zero-order chi connectivity index (χ0) is 14.8. The van der Waals surface area contributed by atoms with Crippen molar-refractivity contribution in [3.05, 3.63) is 71.5 Å². The van der Waals surface area contributed by atoms with E-state index in [2.05, 4.69) is 5.10 Å². The Balaban J connectivity index is 1.93. The first-order valence-corrected chi connectivity index (χ1v) is 6.51. The van der Waals surface area contributed by atoms with Gasteiger partial charge >= 0.3 is 0 Å². The molecule has 1 aliphatic rings. The number of amides is 1. The van der Waals surface area contributed by atoms with Crippen LogP contribution in [0.1, 0.15) is 24.3 Å². The number of halogens is 1. The third-order valence-corrected chi connectivity index (χ3v) is 3.14. The Morgan fingerprint density at radius 1 is 1.14 bits per heavy atom. The summed E-state index contributed by atoms with van der Waals surface area (Å²) in [4.78, 5) is 11.7. The van der Waals surface area contributed by atoms with E-state index in [-0.39, 0.29) is 11.7 Å². The van der Waals surface area contributed by atoms with E-state index in [9.17, 15) is 9.18 Å². The first kappa shape index (κ1) is 13.3. The minimum absolute atomic E-state index is 0.221. The van der Waals surface area contributed by atoms with E-state index >= 15 is 0 Å². The maximum absolute atomic E-state index is 13.0. The van der Waals surface area contributed by atoms with Gasteiger partial charge in [-0.15, -0.1) is 5.10 Å². The molecule has 0 fully saturated rings. The molecule has 1 amide bonds. The molecule has 3 rings (SSSR count). The van der Waals surface area contributed by atoms with Gasteiger partial charge in [-0.1, -0.05) is 30.3 Å². The summed E-state index contributed by atoms with van der Waals surface area (Å²) in [7, 11) is 0. The van der Waals surface area contributed by atoms with Crippen molar-refractivity contribution in [1.29, 1.82) is 0 Å². The van der Waals surface area contributed by atoms with E-state index in [1.807, 2.05) is 30.3 Å². The van der Waals surface area contributed by atoms with Crippen molar-refractivity contribution in [2.45, 2.75) is 13.2 Å². The summed E-state index contributed by atoms with van der Waals surface area (Å²) < 4.78 is 18.8. The lowest BCUT2D eigenvalue weighted by atomic mass is 10.2. The zero-order valence-corrected chi connectivity index (χ0v) is 11.4. The molecule has 2 aromatic rings. The van der Waals surface area contributed by atoms with Crippen LogP contribution >= 0.6 is 0 Å². The molecule has 0 spiro atoms. The van der Waals surface area contributed by atoms with E-state index in [1.54, 1.807) is 12.1 Å². The number of benzene rings is 2. The Bertz CT molecular complexity index is 683. The van der Waals surface area contributed by atoms with Gasteiger partial charge in [-0.05, 0) is 24.3 Å². The molecule has 4 nitrogen and oxygen atoms in total. The molecular weight excluding hydrogens is 271 g/mol.